The molecule has 0 saturated heterocycles. The molecule has 0 bridgehead atoms. The Morgan fingerprint density at radius 2 is 0.969 bits per heavy atom. The molecular weight excluding hydrogens is 457 g/mol. The molecule has 0 atom stereocenters. The lowest BCUT2D eigenvalue weighted by molar-refractivity contribution is 1.63. The van der Waals surface area contributed by atoms with Crippen molar-refractivity contribution in [2.45, 2.75) is 39.3 Å². The summed E-state index contributed by atoms with van der Waals surface area (Å²) in [5.41, 5.74) is 14.4. The van der Waals surface area contributed by atoms with Crippen molar-refractivity contribution < 1.29 is 0 Å². The second-order valence-corrected chi connectivity index (χ2v) is 21.2. The van der Waals surface area contributed by atoms with E-state index in [1.54, 1.807) is 22.7 Å². The van der Waals surface area contributed by atoms with Crippen LogP contribution in [-0.2, 0) is 0 Å². The minimum Gasteiger partial charge on any atom is -0.152 e. The topological polar surface area (TPSA) is 0 Å². The molecule has 0 N–H and O–H groups in total. The molecule has 2 heterocycles. The molecule has 4 heteroatoms. The zero-order valence-corrected chi connectivity index (χ0v) is 23.2. The van der Waals surface area contributed by atoms with E-state index in [0.717, 1.165) is 11.1 Å². The van der Waals surface area contributed by atoms with E-state index in [4.69, 9.17) is 0 Å². The van der Waals surface area contributed by atoms with Gasteiger partial charge in [-0.15, -0.1) is 11.1 Å². The van der Waals surface area contributed by atoms with Crippen molar-refractivity contribution in [3.63, 3.8) is 0 Å². The third-order valence-corrected chi connectivity index (χ3v) is 8.11. The first-order valence-corrected chi connectivity index (χ1v) is 19.7. The third-order valence-electron chi connectivity index (χ3n) is 4.99. The molecule has 32 heavy (non-hydrogen) atoms. The minimum absolute atomic E-state index is 1.14. The van der Waals surface area contributed by atoms with Crippen molar-refractivity contribution in [3.05, 3.63) is 69.0 Å². The molecule has 0 fully saturated rings. The lowest BCUT2D eigenvalue weighted by Gasteiger charge is -2.14. The summed E-state index contributed by atoms with van der Waals surface area (Å²) in [4.78, 5) is 0. The molecular formula is C28H28S2Si2. The second kappa shape index (κ2) is 8.89. The number of thiophene rings is 2. The van der Waals surface area contributed by atoms with E-state index in [9.17, 15) is 0 Å². The highest BCUT2D eigenvalue weighted by atomic mass is 32.1. The highest BCUT2D eigenvalue weighted by Gasteiger charge is 2.16. The first-order valence-electron chi connectivity index (χ1n) is 10.8. The standard InChI is InChI=1S/C28H28S2Si2/c1-31(2,3)17-13-27-23(21-11-15-29-19-21)7-10-26-25(27)9-8-24(22-12-16-30-20-22)28(26)14-18-32(4,5)6/h7-12,15-16,19-20H,1-6H3. The van der Waals surface area contributed by atoms with Gasteiger partial charge in [0.1, 0.15) is 16.1 Å². The van der Waals surface area contributed by atoms with E-state index < -0.39 is 16.1 Å². The molecule has 0 nitrogen and oxygen atoms in total. The van der Waals surface area contributed by atoms with E-state index in [2.05, 4.69) is 120 Å². The van der Waals surface area contributed by atoms with Crippen LogP contribution in [0.25, 0.3) is 33.0 Å². The quantitative estimate of drug-likeness (QED) is 0.197. The smallest absolute Gasteiger partial charge is 0.129 e. The Hall–Kier alpha value is -2.35. The van der Waals surface area contributed by atoms with E-state index in [-0.39, 0.29) is 0 Å². The SMILES string of the molecule is C[Si](C)(C)C#Cc1c(-c2ccsc2)ccc2c(C#C[Si](C)(C)C)c(-c3ccsc3)ccc12. The summed E-state index contributed by atoms with van der Waals surface area (Å²) < 4.78 is 0. The molecule has 4 rings (SSSR count). The van der Waals surface area contributed by atoms with Gasteiger partial charge in [0.2, 0.25) is 0 Å². The van der Waals surface area contributed by atoms with Gasteiger partial charge in [0, 0.05) is 11.1 Å². The van der Waals surface area contributed by atoms with Gasteiger partial charge in [-0.2, -0.15) is 22.7 Å². The van der Waals surface area contributed by atoms with Crippen LogP contribution in [0.2, 0.25) is 39.3 Å². The molecule has 0 aliphatic heterocycles. The predicted molar refractivity (Wildman–Crippen MR) is 151 cm³/mol. The molecule has 2 aromatic carbocycles. The molecule has 0 spiro atoms. The molecule has 0 unspecified atom stereocenters. The summed E-state index contributed by atoms with van der Waals surface area (Å²) >= 11 is 3.46. The molecule has 0 saturated carbocycles. The van der Waals surface area contributed by atoms with Crippen LogP contribution >= 0.6 is 22.7 Å². The number of rotatable bonds is 2. The third kappa shape index (κ3) is 5.17. The maximum absolute atomic E-state index is 3.62. The molecule has 2 aromatic heterocycles. The fraction of sp³-hybridized carbons (Fsp3) is 0.214. The molecule has 160 valence electrons. The van der Waals surface area contributed by atoms with Crippen LogP contribution in [0.5, 0.6) is 0 Å². The average molecular weight is 485 g/mol. The first-order chi connectivity index (χ1) is 15.1. The number of hydrogen-bond acceptors (Lipinski definition) is 2. The molecule has 0 aliphatic rings. The van der Waals surface area contributed by atoms with Crippen molar-refractivity contribution >= 4 is 49.6 Å². The fourth-order valence-electron chi connectivity index (χ4n) is 3.49. The monoisotopic (exact) mass is 484 g/mol. The minimum atomic E-state index is -1.52. The van der Waals surface area contributed by atoms with Crippen LogP contribution in [0.3, 0.4) is 0 Å². The van der Waals surface area contributed by atoms with E-state index in [1.807, 2.05) is 0 Å². The Morgan fingerprint density at radius 1 is 0.562 bits per heavy atom. The molecule has 0 radical (unpaired) electrons. The maximum atomic E-state index is 3.62. The van der Waals surface area contributed by atoms with Crippen molar-refractivity contribution in [1.29, 1.82) is 0 Å². The largest absolute Gasteiger partial charge is 0.152 e. The zero-order chi connectivity index (χ0) is 22.9. The van der Waals surface area contributed by atoms with E-state index in [1.165, 1.54) is 33.0 Å². The summed E-state index contributed by atoms with van der Waals surface area (Å²) in [7, 11) is -3.05. The highest BCUT2D eigenvalue weighted by molar-refractivity contribution is 7.08. The summed E-state index contributed by atoms with van der Waals surface area (Å²) in [6.07, 6.45) is 0. The van der Waals surface area contributed by atoms with Crippen molar-refractivity contribution in [3.8, 4) is 45.2 Å². The first kappa shape index (κ1) is 22.8. The van der Waals surface area contributed by atoms with Gasteiger partial charge in [-0.3, -0.25) is 0 Å². The van der Waals surface area contributed by atoms with Crippen molar-refractivity contribution in [2.75, 3.05) is 0 Å². The Labute approximate surface area is 202 Å². The molecule has 0 aliphatic carbocycles. The van der Waals surface area contributed by atoms with E-state index >= 15 is 0 Å². The summed E-state index contributed by atoms with van der Waals surface area (Å²) in [5, 5.41) is 11.1. The fourth-order valence-corrected chi connectivity index (χ4v) is 5.80. The summed E-state index contributed by atoms with van der Waals surface area (Å²) in [6, 6.07) is 13.4. The normalized spacial score (nSPS) is 11.6. The summed E-state index contributed by atoms with van der Waals surface area (Å²) in [6.45, 7) is 13.8. The number of hydrogen-bond donors (Lipinski definition) is 0. The number of benzene rings is 2. The van der Waals surface area contributed by atoms with Crippen LogP contribution in [0.15, 0.2) is 57.9 Å². The van der Waals surface area contributed by atoms with Crippen LogP contribution in [0, 0.1) is 22.9 Å². The molecule has 0 amide bonds. The lowest BCUT2D eigenvalue weighted by atomic mass is 9.90. The van der Waals surface area contributed by atoms with Gasteiger partial charge in [-0.05, 0) is 66.7 Å². The van der Waals surface area contributed by atoms with Crippen molar-refractivity contribution in [1.82, 2.24) is 0 Å². The Morgan fingerprint density at radius 3 is 1.28 bits per heavy atom. The molecule has 4 aromatic rings. The zero-order valence-electron chi connectivity index (χ0n) is 19.6. The maximum Gasteiger partial charge on any atom is 0.129 e. The lowest BCUT2D eigenvalue weighted by Crippen LogP contribution is -2.16. The van der Waals surface area contributed by atoms with Gasteiger partial charge in [0.05, 0.1) is 0 Å². The Kier molecular flexibility index (Phi) is 6.34. The van der Waals surface area contributed by atoms with Gasteiger partial charge < -0.3 is 0 Å². The summed E-state index contributed by atoms with van der Waals surface area (Å²) in [5.74, 6) is 7.23. The van der Waals surface area contributed by atoms with Crippen LogP contribution < -0.4 is 0 Å². The van der Waals surface area contributed by atoms with Gasteiger partial charge in [0.15, 0.2) is 0 Å². The number of fused-ring (bicyclic) bond motifs is 1. The average Bonchev–Trinajstić information content (AvgIpc) is 3.42. The Balaban J connectivity index is 2.07. The predicted octanol–water partition coefficient (Wildman–Crippen LogP) is 8.75. The van der Waals surface area contributed by atoms with Gasteiger partial charge in [0.25, 0.3) is 0 Å². The van der Waals surface area contributed by atoms with Crippen LogP contribution in [-0.4, -0.2) is 16.1 Å². The van der Waals surface area contributed by atoms with E-state index in [0.29, 0.717) is 0 Å². The highest BCUT2D eigenvalue weighted by Crippen LogP contribution is 2.36. The van der Waals surface area contributed by atoms with Crippen molar-refractivity contribution in [2.24, 2.45) is 0 Å². The van der Waals surface area contributed by atoms with Crippen LogP contribution in [0.4, 0.5) is 0 Å². The van der Waals surface area contributed by atoms with Gasteiger partial charge in [-0.1, -0.05) is 75.4 Å². The van der Waals surface area contributed by atoms with Gasteiger partial charge >= 0.3 is 0 Å². The Bertz CT molecular complexity index is 1260. The van der Waals surface area contributed by atoms with Crippen LogP contribution in [0.1, 0.15) is 11.1 Å². The van der Waals surface area contributed by atoms with Gasteiger partial charge in [-0.25, -0.2) is 0 Å². The second-order valence-electron chi connectivity index (χ2n) is 10.1.